The van der Waals surface area contributed by atoms with Crippen LogP contribution in [0.2, 0.25) is 0 Å². The zero-order valence-corrected chi connectivity index (χ0v) is 8.86. The van der Waals surface area contributed by atoms with Crippen LogP contribution in [-0.4, -0.2) is 55.5 Å². The monoisotopic (exact) mass is 190 g/mol. The van der Waals surface area contributed by atoms with Crippen molar-refractivity contribution in [2.75, 3.05) is 33.4 Å². The Balaban J connectivity index is 3.53. The standard InChI is InChI=1S/C9H22N2O2/c1-8(2)13-5-4-11(3)9(6-10)7-12/h8-9,12H,4-7,10H2,1-3H3. The van der Waals surface area contributed by atoms with Gasteiger partial charge in [0.2, 0.25) is 0 Å². The molecule has 4 heteroatoms. The molecular formula is C9H22N2O2. The van der Waals surface area contributed by atoms with Crippen LogP contribution in [0.15, 0.2) is 0 Å². The van der Waals surface area contributed by atoms with Crippen LogP contribution in [0, 0.1) is 0 Å². The quantitative estimate of drug-likeness (QED) is 0.577. The predicted octanol–water partition coefficient (Wildman–Crippen LogP) is -0.337. The van der Waals surface area contributed by atoms with Gasteiger partial charge >= 0.3 is 0 Å². The molecule has 0 aromatic heterocycles. The molecule has 4 nitrogen and oxygen atoms in total. The minimum absolute atomic E-state index is 0.0516. The molecule has 80 valence electrons. The van der Waals surface area contributed by atoms with Gasteiger partial charge in [-0.1, -0.05) is 0 Å². The lowest BCUT2D eigenvalue weighted by atomic mass is 10.3. The van der Waals surface area contributed by atoms with E-state index in [1.54, 1.807) is 0 Å². The summed E-state index contributed by atoms with van der Waals surface area (Å²) in [6.07, 6.45) is 0.263. The number of hydrogen-bond donors (Lipinski definition) is 2. The number of likely N-dealkylation sites (N-methyl/N-ethyl adjacent to an activating group) is 1. The predicted molar refractivity (Wildman–Crippen MR) is 53.6 cm³/mol. The maximum absolute atomic E-state index is 8.94. The molecule has 0 radical (unpaired) electrons. The largest absolute Gasteiger partial charge is 0.395 e. The average molecular weight is 190 g/mol. The first-order valence-corrected chi connectivity index (χ1v) is 4.74. The molecule has 0 saturated heterocycles. The second-order valence-corrected chi connectivity index (χ2v) is 3.47. The normalized spacial score (nSPS) is 14.1. The summed E-state index contributed by atoms with van der Waals surface area (Å²) in [5.41, 5.74) is 5.47. The van der Waals surface area contributed by atoms with E-state index in [1.165, 1.54) is 0 Å². The van der Waals surface area contributed by atoms with Crippen molar-refractivity contribution < 1.29 is 9.84 Å². The molecule has 1 atom stereocenters. The molecule has 0 aromatic rings. The molecule has 0 heterocycles. The number of nitrogens with two attached hydrogens (primary N) is 1. The first-order chi connectivity index (χ1) is 6.11. The molecular weight excluding hydrogens is 168 g/mol. The van der Waals surface area contributed by atoms with Crippen LogP contribution in [0.3, 0.4) is 0 Å². The first kappa shape index (κ1) is 12.8. The van der Waals surface area contributed by atoms with Gasteiger partial charge in [0, 0.05) is 19.1 Å². The topological polar surface area (TPSA) is 58.7 Å². The average Bonchev–Trinajstić information content (AvgIpc) is 2.05. The van der Waals surface area contributed by atoms with Gasteiger partial charge in [-0.3, -0.25) is 4.90 Å². The Morgan fingerprint density at radius 2 is 2.08 bits per heavy atom. The summed E-state index contributed by atoms with van der Waals surface area (Å²) in [6, 6.07) is 0.0516. The van der Waals surface area contributed by atoms with Crippen LogP contribution in [0.25, 0.3) is 0 Å². The molecule has 1 unspecified atom stereocenters. The summed E-state index contributed by atoms with van der Waals surface area (Å²) in [4.78, 5) is 2.02. The fraction of sp³-hybridized carbons (Fsp3) is 1.00. The first-order valence-electron chi connectivity index (χ1n) is 4.74. The van der Waals surface area contributed by atoms with E-state index in [-0.39, 0.29) is 18.8 Å². The van der Waals surface area contributed by atoms with Crippen molar-refractivity contribution in [2.45, 2.75) is 26.0 Å². The number of nitrogens with zero attached hydrogens (tertiary/aromatic N) is 1. The maximum Gasteiger partial charge on any atom is 0.0599 e. The molecule has 0 aliphatic carbocycles. The molecule has 0 bridgehead atoms. The molecule has 0 aliphatic heterocycles. The summed E-state index contributed by atoms with van der Waals surface area (Å²) >= 11 is 0. The lowest BCUT2D eigenvalue weighted by molar-refractivity contribution is 0.0491. The van der Waals surface area contributed by atoms with Crippen LogP contribution in [0.5, 0.6) is 0 Å². The third kappa shape index (κ3) is 5.99. The van der Waals surface area contributed by atoms with Crippen LogP contribution >= 0.6 is 0 Å². The summed E-state index contributed by atoms with van der Waals surface area (Å²) in [5, 5.41) is 8.94. The highest BCUT2D eigenvalue weighted by atomic mass is 16.5. The van der Waals surface area contributed by atoms with Gasteiger partial charge in [-0.05, 0) is 20.9 Å². The molecule has 0 fully saturated rings. The van der Waals surface area contributed by atoms with E-state index >= 15 is 0 Å². The van der Waals surface area contributed by atoms with E-state index in [0.29, 0.717) is 13.2 Å². The summed E-state index contributed by atoms with van der Waals surface area (Å²) in [5.74, 6) is 0. The summed E-state index contributed by atoms with van der Waals surface area (Å²) < 4.78 is 5.39. The minimum atomic E-state index is 0.0516. The van der Waals surface area contributed by atoms with Crippen molar-refractivity contribution >= 4 is 0 Å². The van der Waals surface area contributed by atoms with E-state index in [9.17, 15) is 0 Å². The molecule has 13 heavy (non-hydrogen) atoms. The second-order valence-electron chi connectivity index (χ2n) is 3.47. The van der Waals surface area contributed by atoms with Gasteiger partial charge in [-0.2, -0.15) is 0 Å². The van der Waals surface area contributed by atoms with Crippen molar-refractivity contribution in [3.8, 4) is 0 Å². The molecule has 0 saturated carbocycles. The zero-order valence-electron chi connectivity index (χ0n) is 8.86. The Labute approximate surface area is 80.7 Å². The Bertz CT molecular complexity index is 116. The minimum Gasteiger partial charge on any atom is -0.395 e. The van der Waals surface area contributed by atoms with Gasteiger partial charge in [-0.15, -0.1) is 0 Å². The van der Waals surface area contributed by atoms with Gasteiger partial charge in [0.25, 0.3) is 0 Å². The van der Waals surface area contributed by atoms with Gasteiger partial charge < -0.3 is 15.6 Å². The van der Waals surface area contributed by atoms with Gasteiger partial charge in [-0.25, -0.2) is 0 Å². The second kappa shape index (κ2) is 7.26. The number of aliphatic hydroxyl groups is 1. The Hall–Kier alpha value is -0.160. The van der Waals surface area contributed by atoms with Crippen molar-refractivity contribution in [1.29, 1.82) is 0 Å². The number of ether oxygens (including phenoxy) is 1. The highest BCUT2D eigenvalue weighted by Gasteiger charge is 2.10. The Morgan fingerprint density at radius 1 is 1.46 bits per heavy atom. The molecule has 0 amide bonds. The van der Waals surface area contributed by atoms with E-state index in [0.717, 1.165) is 6.54 Å². The van der Waals surface area contributed by atoms with E-state index in [4.69, 9.17) is 15.6 Å². The third-order valence-electron chi connectivity index (χ3n) is 2.00. The fourth-order valence-corrected chi connectivity index (χ4v) is 1.01. The summed E-state index contributed by atoms with van der Waals surface area (Å²) in [7, 11) is 1.94. The summed E-state index contributed by atoms with van der Waals surface area (Å²) in [6.45, 7) is 6.09. The molecule has 0 spiro atoms. The molecule has 0 aliphatic rings. The highest BCUT2D eigenvalue weighted by Crippen LogP contribution is 1.94. The van der Waals surface area contributed by atoms with Gasteiger partial charge in [0.15, 0.2) is 0 Å². The Kier molecular flexibility index (Phi) is 7.17. The van der Waals surface area contributed by atoms with Crippen LogP contribution in [0.4, 0.5) is 0 Å². The van der Waals surface area contributed by atoms with Gasteiger partial charge in [0.05, 0.1) is 19.3 Å². The maximum atomic E-state index is 8.94. The van der Waals surface area contributed by atoms with E-state index in [1.807, 2.05) is 25.8 Å². The molecule has 0 aromatic carbocycles. The van der Waals surface area contributed by atoms with Crippen molar-refractivity contribution in [3.05, 3.63) is 0 Å². The lowest BCUT2D eigenvalue weighted by Crippen LogP contribution is -2.42. The molecule has 0 rings (SSSR count). The number of hydrogen-bond acceptors (Lipinski definition) is 4. The fourth-order valence-electron chi connectivity index (χ4n) is 1.01. The highest BCUT2D eigenvalue weighted by molar-refractivity contribution is 4.67. The number of aliphatic hydroxyl groups excluding tert-OH is 1. The number of rotatable bonds is 7. The van der Waals surface area contributed by atoms with E-state index in [2.05, 4.69) is 0 Å². The van der Waals surface area contributed by atoms with Crippen LogP contribution in [-0.2, 0) is 4.74 Å². The van der Waals surface area contributed by atoms with Crippen molar-refractivity contribution in [1.82, 2.24) is 4.90 Å². The smallest absolute Gasteiger partial charge is 0.0599 e. The lowest BCUT2D eigenvalue weighted by Gasteiger charge is -2.25. The van der Waals surface area contributed by atoms with Crippen molar-refractivity contribution in [2.24, 2.45) is 5.73 Å². The van der Waals surface area contributed by atoms with Crippen molar-refractivity contribution in [3.63, 3.8) is 0 Å². The van der Waals surface area contributed by atoms with E-state index < -0.39 is 0 Å². The van der Waals surface area contributed by atoms with Crippen LogP contribution in [0.1, 0.15) is 13.8 Å². The van der Waals surface area contributed by atoms with Gasteiger partial charge in [0.1, 0.15) is 0 Å². The molecule has 3 N–H and O–H groups in total. The SMILES string of the molecule is CC(C)OCCN(C)C(CN)CO. The Morgan fingerprint density at radius 3 is 2.46 bits per heavy atom. The zero-order chi connectivity index (χ0) is 10.3. The van der Waals surface area contributed by atoms with Crippen LogP contribution < -0.4 is 5.73 Å². The third-order valence-corrected chi connectivity index (χ3v) is 2.00.